The van der Waals surface area contributed by atoms with Crippen molar-refractivity contribution in [3.8, 4) is 0 Å². The minimum Gasteiger partial charge on any atom is -0.317 e. The predicted octanol–water partition coefficient (Wildman–Crippen LogP) is 2.94. The summed E-state index contributed by atoms with van der Waals surface area (Å²) in [6.45, 7) is 2.19. The van der Waals surface area contributed by atoms with Crippen LogP contribution in [0.2, 0.25) is 4.34 Å². The normalized spacial score (nSPS) is 13.2. The van der Waals surface area contributed by atoms with E-state index in [1.165, 1.54) is 4.88 Å². The molecule has 0 spiro atoms. The Balaban J connectivity index is 2.50. The lowest BCUT2D eigenvalue weighted by molar-refractivity contribution is 0.547. The fourth-order valence-corrected chi connectivity index (χ4v) is 2.32. The maximum atomic E-state index is 5.83. The van der Waals surface area contributed by atoms with Gasteiger partial charge < -0.3 is 5.32 Å². The Morgan fingerprint density at radius 1 is 1.58 bits per heavy atom. The van der Waals surface area contributed by atoms with Gasteiger partial charge in [0.15, 0.2) is 0 Å². The van der Waals surface area contributed by atoms with Crippen molar-refractivity contribution in [3.05, 3.63) is 21.3 Å². The molecule has 0 radical (unpaired) electrons. The molecule has 0 aliphatic rings. The van der Waals surface area contributed by atoms with Gasteiger partial charge in [0.25, 0.3) is 0 Å². The summed E-state index contributed by atoms with van der Waals surface area (Å²) in [6, 6.07) is 4.65. The lowest BCUT2D eigenvalue weighted by Gasteiger charge is -2.11. The molecule has 68 valence electrons. The van der Waals surface area contributed by atoms with Crippen LogP contribution in [-0.2, 0) is 6.42 Å². The second-order valence-electron chi connectivity index (χ2n) is 2.80. The number of halogens is 1. The molecule has 12 heavy (non-hydrogen) atoms. The first-order valence-electron chi connectivity index (χ1n) is 4.17. The summed E-state index contributed by atoms with van der Waals surface area (Å²) in [4.78, 5) is 1.36. The molecule has 1 heterocycles. The van der Waals surface area contributed by atoms with E-state index in [1.54, 1.807) is 11.3 Å². The molecule has 1 unspecified atom stereocenters. The van der Waals surface area contributed by atoms with Gasteiger partial charge in [-0.05, 0) is 32.0 Å². The Labute approximate surface area is 82.7 Å². The fourth-order valence-electron chi connectivity index (χ4n) is 1.15. The van der Waals surface area contributed by atoms with Gasteiger partial charge >= 0.3 is 0 Å². The van der Waals surface area contributed by atoms with Crippen LogP contribution in [0.25, 0.3) is 0 Å². The highest BCUT2D eigenvalue weighted by Gasteiger charge is 2.05. The van der Waals surface area contributed by atoms with Crippen molar-refractivity contribution in [2.45, 2.75) is 25.8 Å². The minimum absolute atomic E-state index is 0.583. The molecule has 0 aliphatic heterocycles. The van der Waals surface area contributed by atoms with Gasteiger partial charge in [-0.25, -0.2) is 0 Å². The van der Waals surface area contributed by atoms with Gasteiger partial charge in [-0.1, -0.05) is 18.5 Å². The van der Waals surface area contributed by atoms with E-state index in [4.69, 9.17) is 11.6 Å². The topological polar surface area (TPSA) is 12.0 Å². The Morgan fingerprint density at radius 2 is 2.33 bits per heavy atom. The monoisotopic (exact) mass is 203 g/mol. The molecule has 1 atom stereocenters. The van der Waals surface area contributed by atoms with Gasteiger partial charge in [0, 0.05) is 10.9 Å². The van der Waals surface area contributed by atoms with Crippen LogP contribution in [0, 0.1) is 0 Å². The first-order chi connectivity index (χ1) is 5.76. The van der Waals surface area contributed by atoms with Gasteiger partial charge in [-0.15, -0.1) is 11.3 Å². The number of thiophene rings is 1. The molecule has 1 N–H and O–H groups in total. The van der Waals surface area contributed by atoms with E-state index in [0.29, 0.717) is 6.04 Å². The van der Waals surface area contributed by atoms with E-state index in [2.05, 4.69) is 18.3 Å². The van der Waals surface area contributed by atoms with Gasteiger partial charge in [-0.2, -0.15) is 0 Å². The van der Waals surface area contributed by atoms with Crippen LogP contribution >= 0.6 is 22.9 Å². The van der Waals surface area contributed by atoms with Crippen molar-refractivity contribution in [2.24, 2.45) is 0 Å². The zero-order valence-electron chi connectivity index (χ0n) is 7.43. The SMILES string of the molecule is CCC(Cc1ccc(Cl)s1)NC. The predicted molar refractivity (Wildman–Crippen MR) is 56.2 cm³/mol. The van der Waals surface area contributed by atoms with Gasteiger partial charge in [0.1, 0.15) is 0 Å². The van der Waals surface area contributed by atoms with Crippen LogP contribution < -0.4 is 5.32 Å². The lowest BCUT2D eigenvalue weighted by atomic mass is 10.1. The van der Waals surface area contributed by atoms with E-state index in [9.17, 15) is 0 Å². The van der Waals surface area contributed by atoms with Crippen molar-refractivity contribution >= 4 is 22.9 Å². The fraction of sp³-hybridized carbons (Fsp3) is 0.556. The zero-order valence-corrected chi connectivity index (χ0v) is 9.00. The molecular formula is C9H14ClNS. The summed E-state index contributed by atoms with van der Waals surface area (Å²) >= 11 is 7.50. The summed E-state index contributed by atoms with van der Waals surface area (Å²) in [6.07, 6.45) is 2.25. The second kappa shape index (κ2) is 4.85. The number of nitrogens with one attached hydrogen (secondary N) is 1. The highest BCUT2D eigenvalue weighted by molar-refractivity contribution is 7.16. The minimum atomic E-state index is 0.583. The Bertz CT molecular complexity index is 230. The summed E-state index contributed by atoms with van der Waals surface area (Å²) in [7, 11) is 2.00. The summed E-state index contributed by atoms with van der Waals surface area (Å²) in [5.74, 6) is 0. The molecule has 0 aliphatic carbocycles. The quantitative estimate of drug-likeness (QED) is 0.794. The molecule has 0 amide bonds. The molecule has 0 fully saturated rings. The average molecular weight is 204 g/mol. The van der Waals surface area contributed by atoms with Crippen LogP contribution in [0.4, 0.5) is 0 Å². The second-order valence-corrected chi connectivity index (χ2v) is 4.60. The Hall–Kier alpha value is -0.0500. The van der Waals surface area contributed by atoms with E-state index < -0.39 is 0 Å². The number of likely N-dealkylation sites (N-methyl/N-ethyl adjacent to an activating group) is 1. The highest BCUT2D eigenvalue weighted by atomic mass is 35.5. The molecular weight excluding hydrogens is 190 g/mol. The molecule has 0 bridgehead atoms. The van der Waals surface area contributed by atoms with Crippen molar-refractivity contribution in [3.63, 3.8) is 0 Å². The zero-order chi connectivity index (χ0) is 8.97. The molecule has 0 saturated carbocycles. The molecule has 1 aromatic heterocycles. The smallest absolute Gasteiger partial charge is 0.0931 e. The summed E-state index contributed by atoms with van der Waals surface area (Å²) in [5, 5.41) is 3.27. The molecule has 3 heteroatoms. The first kappa shape index (κ1) is 10.0. The maximum Gasteiger partial charge on any atom is 0.0931 e. The van der Waals surface area contributed by atoms with Crippen LogP contribution in [-0.4, -0.2) is 13.1 Å². The van der Waals surface area contributed by atoms with E-state index in [1.807, 2.05) is 13.1 Å². The van der Waals surface area contributed by atoms with E-state index >= 15 is 0 Å². The van der Waals surface area contributed by atoms with Crippen LogP contribution in [0.3, 0.4) is 0 Å². The van der Waals surface area contributed by atoms with Gasteiger partial charge in [0.05, 0.1) is 4.34 Å². The molecule has 1 nitrogen and oxygen atoms in total. The highest BCUT2D eigenvalue weighted by Crippen LogP contribution is 2.22. The van der Waals surface area contributed by atoms with E-state index in [-0.39, 0.29) is 0 Å². The van der Waals surface area contributed by atoms with Crippen LogP contribution in [0.1, 0.15) is 18.2 Å². The Morgan fingerprint density at radius 3 is 2.75 bits per heavy atom. The maximum absolute atomic E-state index is 5.83. The summed E-state index contributed by atoms with van der Waals surface area (Å²) < 4.78 is 0.885. The third kappa shape index (κ3) is 2.77. The Kier molecular flexibility index (Phi) is 4.06. The number of rotatable bonds is 4. The first-order valence-corrected chi connectivity index (χ1v) is 5.37. The average Bonchev–Trinajstić information content (AvgIpc) is 2.47. The van der Waals surface area contributed by atoms with Crippen molar-refractivity contribution in [1.82, 2.24) is 5.32 Å². The molecule has 1 rings (SSSR count). The largest absolute Gasteiger partial charge is 0.317 e. The number of hydrogen-bond donors (Lipinski definition) is 1. The van der Waals surface area contributed by atoms with Crippen LogP contribution in [0.5, 0.6) is 0 Å². The molecule has 0 saturated heterocycles. The van der Waals surface area contributed by atoms with Crippen LogP contribution in [0.15, 0.2) is 12.1 Å². The number of hydrogen-bond acceptors (Lipinski definition) is 2. The van der Waals surface area contributed by atoms with Gasteiger partial charge in [-0.3, -0.25) is 0 Å². The van der Waals surface area contributed by atoms with Gasteiger partial charge in [0.2, 0.25) is 0 Å². The van der Waals surface area contributed by atoms with Crippen molar-refractivity contribution in [2.75, 3.05) is 7.05 Å². The molecule has 1 aromatic rings. The van der Waals surface area contributed by atoms with Crippen molar-refractivity contribution in [1.29, 1.82) is 0 Å². The van der Waals surface area contributed by atoms with E-state index in [0.717, 1.165) is 17.2 Å². The molecule has 0 aromatic carbocycles. The standard InChI is InChI=1S/C9H14ClNS/c1-3-7(11-2)6-8-4-5-9(10)12-8/h4-5,7,11H,3,6H2,1-2H3. The summed E-state index contributed by atoms with van der Waals surface area (Å²) in [5.41, 5.74) is 0. The third-order valence-corrected chi connectivity index (χ3v) is 3.23. The van der Waals surface area contributed by atoms with Crippen molar-refractivity contribution < 1.29 is 0 Å². The third-order valence-electron chi connectivity index (χ3n) is 1.98. The lowest BCUT2D eigenvalue weighted by Crippen LogP contribution is -2.25.